The van der Waals surface area contributed by atoms with Crippen LogP contribution in [0.25, 0.3) is 11.3 Å². The fourth-order valence-corrected chi connectivity index (χ4v) is 2.53. The minimum absolute atomic E-state index is 0.204. The predicted molar refractivity (Wildman–Crippen MR) is 98.1 cm³/mol. The van der Waals surface area contributed by atoms with Gasteiger partial charge >= 0.3 is 0 Å². The van der Waals surface area contributed by atoms with Crippen LogP contribution in [0, 0.1) is 5.82 Å². The van der Waals surface area contributed by atoms with E-state index in [2.05, 4.69) is 15.3 Å². The number of aromatic nitrogens is 2. The van der Waals surface area contributed by atoms with E-state index in [1.165, 1.54) is 32.7 Å². The number of ether oxygens (including phenoxy) is 2. The van der Waals surface area contributed by atoms with Crippen molar-refractivity contribution >= 4 is 5.91 Å². The van der Waals surface area contributed by atoms with Crippen LogP contribution in [0.4, 0.5) is 4.39 Å². The summed E-state index contributed by atoms with van der Waals surface area (Å²) < 4.78 is 23.5. The van der Waals surface area contributed by atoms with Crippen LogP contribution in [0.3, 0.4) is 0 Å². The highest BCUT2D eigenvalue weighted by molar-refractivity contribution is 5.97. The molecule has 1 N–H and O–H groups in total. The highest BCUT2D eigenvalue weighted by Gasteiger charge is 2.14. The predicted octanol–water partition coefficient (Wildman–Crippen LogP) is 3.23. The van der Waals surface area contributed by atoms with Gasteiger partial charge in [0.1, 0.15) is 23.6 Å². The maximum atomic E-state index is 13.1. The van der Waals surface area contributed by atoms with Gasteiger partial charge in [-0.05, 0) is 48.5 Å². The first-order valence-electron chi connectivity index (χ1n) is 8.18. The normalized spacial score (nSPS) is 10.3. The number of nitrogens with one attached hydrogen (secondary N) is 1. The Hall–Kier alpha value is -3.48. The highest BCUT2D eigenvalue weighted by atomic mass is 19.1. The largest absolute Gasteiger partial charge is 0.497 e. The van der Waals surface area contributed by atoms with Gasteiger partial charge in [-0.25, -0.2) is 14.4 Å². The number of carbonyl (C=O) groups is 1. The number of carbonyl (C=O) groups excluding carboxylic acids is 1. The number of rotatable bonds is 6. The van der Waals surface area contributed by atoms with Crippen LogP contribution >= 0.6 is 0 Å². The van der Waals surface area contributed by atoms with E-state index < -0.39 is 0 Å². The van der Waals surface area contributed by atoms with E-state index in [9.17, 15) is 9.18 Å². The molecule has 0 aliphatic rings. The summed E-state index contributed by atoms with van der Waals surface area (Å²) >= 11 is 0. The fourth-order valence-electron chi connectivity index (χ4n) is 2.53. The molecule has 0 unspecified atom stereocenters. The summed E-state index contributed by atoms with van der Waals surface area (Å²) in [6.07, 6.45) is 1.41. The summed E-state index contributed by atoms with van der Waals surface area (Å²) in [5.41, 5.74) is 2.40. The molecular formula is C20H18FN3O3. The Morgan fingerprint density at radius 1 is 1.04 bits per heavy atom. The number of hydrogen-bond acceptors (Lipinski definition) is 5. The van der Waals surface area contributed by atoms with Crippen molar-refractivity contribution in [3.05, 3.63) is 71.9 Å². The first kappa shape index (κ1) is 18.3. The van der Waals surface area contributed by atoms with Crippen molar-refractivity contribution in [2.75, 3.05) is 14.2 Å². The molecule has 0 saturated heterocycles. The topological polar surface area (TPSA) is 73.3 Å². The van der Waals surface area contributed by atoms with Crippen molar-refractivity contribution < 1.29 is 18.7 Å². The lowest BCUT2D eigenvalue weighted by atomic mass is 10.1. The molecular weight excluding hydrogens is 349 g/mol. The smallest absolute Gasteiger partial charge is 0.255 e. The van der Waals surface area contributed by atoms with Crippen molar-refractivity contribution in [2.24, 2.45) is 0 Å². The van der Waals surface area contributed by atoms with Gasteiger partial charge in [0.15, 0.2) is 0 Å². The second-order valence-corrected chi connectivity index (χ2v) is 5.65. The van der Waals surface area contributed by atoms with Crippen molar-refractivity contribution in [1.82, 2.24) is 15.3 Å². The maximum absolute atomic E-state index is 13.1. The molecule has 0 bridgehead atoms. The zero-order valence-corrected chi connectivity index (χ0v) is 14.9. The molecule has 27 heavy (non-hydrogen) atoms. The number of hydrogen-bond donors (Lipinski definition) is 1. The lowest BCUT2D eigenvalue weighted by Crippen LogP contribution is -2.24. The van der Waals surface area contributed by atoms with E-state index in [4.69, 9.17) is 9.47 Å². The maximum Gasteiger partial charge on any atom is 0.255 e. The number of benzene rings is 2. The Morgan fingerprint density at radius 3 is 2.52 bits per heavy atom. The van der Waals surface area contributed by atoms with Gasteiger partial charge in [0.2, 0.25) is 0 Å². The molecule has 0 saturated carbocycles. The Balaban J connectivity index is 1.74. The van der Waals surface area contributed by atoms with Crippen LogP contribution in [0.2, 0.25) is 0 Å². The molecule has 0 radical (unpaired) electrons. The Labute approximate surface area is 156 Å². The number of amides is 1. The molecule has 0 atom stereocenters. The van der Waals surface area contributed by atoms with Gasteiger partial charge in [0, 0.05) is 5.56 Å². The van der Waals surface area contributed by atoms with Crippen LogP contribution in [0.15, 0.2) is 54.9 Å². The van der Waals surface area contributed by atoms with E-state index in [0.29, 0.717) is 28.5 Å². The third-order valence-electron chi connectivity index (χ3n) is 3.95. The van der Waals surface area contributed by atoms with Crippen LogP contribution < -0.4 is 14.8 Å². The second kappa shape index (κ2) is 8.27. The standard InChI is InChI=1S/C20H18FN3O3/c1-26-16-7-8-19(27-2)17(10-16)20(25)22-11-15-9-18(24-12-23-15)13-3-5-14(21)6-4-13/h3-10,12H,11H2,1-2H3,(H,22,25). The monoisotopic (exact) mass is 367 g/mol. The van der Waals surface area contributed by atoms with Gasteiger partial charge in [-0.1, -0.05) is 0 Å². The molecule has 7 heteroatoms. The van der Waals surface area contributed by atoms with Crippen LogP contribution in [-0.2, 0) is 6.54 Å². The van der Waals surface area contributed by atoms with Crippen LogP contribution in [0.5, 0.6) is 11.5 Å². The van der Waals surface area contributed by atoms with E-state index in [0.717, 1.165) is 5.56 Å². The van der Waals surface area contributed by atoms with Gasteiger partial charge in [-0.2, -0.15) is 0 Å². The zero-order valence-electron chi connectivity index (χ0n) is 14.9. The van der Waals surface area contributed by atoms with Crippen molar-refractivity contribution in [2.45, 2.75) is 6.54 Å². The van der Waals surface area contributed by atoms with Crippen LogP contribution in [-0.4, -0.2) is 30.1 Å². The van der Waals surface area contributed by atoms with Gasteiger partial charge in [0.25, 0.3) is 5.91 Å². The quantitative estimate of drug-likeness (QED) is 0.724. The molecule has 138 valence electrons. The number of nitrogens with zero attached hydrogens (tertiary/aromatic N) is 2. The first-order chi connectivity index (χ1) is 13.1. The molecule has 1 amide bonds. The second-order valence-electron chi connectivity index (χ2n) is 5.65. The van der Waals surface area contributed by atoms with E-state index in [1.54, 1.807) is 36.4 Å². The average molecular weight is 367 g/mol. The van der Waals surface area contributed by atoms with Crippen molar-refractivity contribution in [3.8, 4) is 22.8 Å². The number of halogens is 1. The SMILES string of the molecule is COc1ccc(OC)c(C(=O)NCc2cc(-c3ccc(F)cc3)ncn2)c1. The average Bonchev–Trinajstić information content (AvgIpc) is 2.72. The molecule has 1 heterocycles. The highest BCUT2D eigenvalue weighted by Crippen LogP contribution is 2.24. The van der Waals surface area contributed by atoms with Crippen molar-refractivity contribution in [3.63, 3.8) is 0 Å². The molecule has 6 nitrogen and oxygen atoms in total. The molecule has 0 spiro atoms. The minimum Gasteiger partial charge on any atom is -0.497 e. The summed E-state index contributed by atoms with van der Waals surface area (Å²) in [5.74, 6) is 0.379. The molecule has 0 fully saturated rings. The summed E-state index contributed by atoms with van der Waals surface area (Å²) in [6.45, 7) is 0.204. The molecule has 1 aromatic heterocycles. The molecule has 3 aromatic rings. The fraction of sp³-hybridized carbons (Fsp3) is 0.150. The Bertz CT molecular complexity index is 945. The Kier molecular flexibility index (Phi) is 5.61. The van der Waals surface area contributed by atoms with Gasteiger partial charge in [-0.3, -0.25) is 4.79 Å². The lowest BCUT2D eigenvalue weighted by molar-refractivity contribution is 0.0947. The molecule has 2 aromatic carbocycles. The minimum atomic E-state index is -0.312. The van der Waals surface area contributed by atoms with E-state index in [-0.39, 0.29) is 18.3 Å². The lowest BCUT2D eigenvalue weighted by Gasteiger charge is -2.11. The van der Waals surface area contributed by atoms with Gasteiger partial charge in [-0.15, -0.1) is 0 Å². The van der Waals surface area contributed by atoms with Crippen molar-refractivity contribution in [1.29, 1.82) is 0 Å². The van der Waals surface area contributed by atoms with Crippen LogP contribution in [0.1, 0.15) is 16.1 Å². The Morgan fingerprint density at radius 2 is 1.81 bits per heavy atom. The zero-order chi connectivity index (χ0) is 19.2. The molecule has 3 rings (SSSR count). The summed E-state index contributed by atoms with van der Waals surface area (Å²) in [4.78, 5) is 20.9. The van der Waals surface area contributed by atoms with Gasteiger partial charge in [0.05, 0.1) is 37.7 Å². The van der Waals surface area contributed by atoms with E-state index >= 15 is 0 Å². The van der Waals surface area contributed by atoms with E-state index in [1.807, 2.05) is 0 Å². The van der Waals surface area contributed by atoms with Gasteiger partial charge < -0.3 is 14.8 Å². The number of methoxy groups -OCH3 is 2. The molecule has 0 aliphatic carbocycles. The summed E-state index contributed by atoms with van der Waals surface area (Å²) in [7, 11) is 3.03. The third-order valence-corrected chi connectivity index (χ3v) is 3.95. The molecule has 0 aliphatic heterocycles. The summed E-state index contributed by atoms with van der Waals surface area (Å²) in [5, 5.41) is 2.80. The first-order valence-corrected chi connectivity index (χ1v) is 8.18. The summed E-state index contributed by atoms with van der Waals surface area (Å²) in [6, 6.07) is 12.8. The third kappa shape index (κ3) is 4.38.